The van der Waals surface area contributed by atoms with Crippen LogP contribution < -0.4 is 10.6 Å². The second kappa shape index (κ2) is 8.88. The third kappa shape index (κ3) is 5.76. The molecule has 0 aliphatic carbocycles. The molecule has 2 N–H and O–H groups in total. The molecule has 1 fully saturated rings. The van der Waals surface area contributed by atoms with E-state index in [2.05, 4.69) is 33.7 Å². The summed E-state index contributed by atoms with van der Waals surface area (Å²) < 4.78 is 0. The number of amides is 2. The van der Waals surface area contributed by atoms with Crippen LogP contribution in [0.25, 0.3) is 0 Å². The molecule has 2 aromatic carbocycles. The Kier molecular flexibility index (Phi) is 6.31. The van der Waals surface area contributed by atoms with Crippen LogP contribution in [0.4, 0.5) is 10.5 Å². The number of urea groups is 1. The molecule has 2 aromatic rings. The quantitative estimate of drug-likeness (QED) is 0.818. The molecule has 1 aliphatic rings. The predicted molar refractivity (Wildman–Crippen MR) is 103 cm³/mol. The normalized spacial score (nSPS) is 14.9. The lowest BCUT2D eigenvalue weighted by molar-refractivity contribution is 0.221. The van der Waals surface area contributed by atoms with E-state index in [1.54, 1.807) is 12.1 Å². The number of likely N-dealkylation sites (tertiary alicyclic amines) is 1. The molecule has 3 rings (SSSR count). The Morgan fingerprint density at radius 1 is 1.00 bits per heavy atom. The van der Waals surface area contributed by atoms with E-state index in [1.165, 1.54) is 37.9 Å². The highest BCUT2D eigenvalue weighted by molar-refractivity contribution is 6.30. The van der Waals surface area contributed by atoms with Crippen molar-refractivity contribution in [3.05, 3.63) is 64.7 Å². The van der Waals surface area contributed by atoms with Gasteiger partial charge in [0.25, 0.3) is 0 Å². The van der Waals surface area contributed by atoms with Gasteiger partial charge in [0.15, 0.2) is 0 Å². The average molecular weight is 358 g/mol. The molecule has 0 spiro atoms. The first-order valence-electron chi connectivity index (χ1n) is 8.80. The number of hydrogen-bond acceptors (Lipinski definition) is 2. The van der Waals surface area contributed by atoms with Crippen LogP contribution in [0, 0.1) is 0 Å². The number of nitrogens with one attached hydrogen (secondary N) is 2. The molecule has 4 nitrogen and oxygen atoms in total. The van der Waals surface area contributed by atoms with Gasteiger partial charge in [0, 0.05) is 23.8 Å². The molecular weight excluding hydrogens is 334 g/mol. The fourth-order valence-corrected chi connectivity index (χ4v) is 3.33. The molecule has 1 saturated heterocycles. The van der Waals surface area contributed by atoms with Gasteiger partial charge in [0.2, 0.25) is 0 Å². The van der Waals surface area contributed by atoms with Crippen LogP contribution in [0.2, 0.25) is 5.02 Å². The van der Waals surface area contributed by atoms with Gasteiger partial charge in [-0.05, 0) is 55.3 Å². The van der Waals surface area contributed by atoms with Gasteiger partial charge >= 0.3 is 6.03 Å². The van der Waals surface area contributed by atoms with Crippen LogP contribution in [0.5, 0.6) is 0 Å². The van der Waals surface area contributed by atoms with E-state index < -0.39 is 0 Å². The molecule has 1 heterocycles. The Balaban J connectivity index is 1.50. The van der Waals surface area contributed by atoms with Gasteiger partial charge in [-0.2, -0.15) is 0 Å². The van der Waals surface area contributed by atoms with E-state index >= 15 is 0 Å². The summed E-state index contributed by atoms with van der Waals surface area (Å²) >= 11 is 5.92. The molecule has 0 aromatic heterocycles. The van der Waals surface area contributed by atoms with Crippen molar-refractivity contribution >= 4 is 23.3 Å². The Bertz CT molecular complexity index is 714. The molecule has 0 radical (unpaired) electrons. The molecule has 132 valence electrons. The molecule has 25 heavy (non-hydrogen) atoms. The number of carbonyl (C=O) groups excluding carboxylic acids is 1. The maximum absolute atomic E-state index is 12.0. The van der Waals surface area contributed by atoms with Crippen LogP contribution in [-0.4, -0.2) is 24.0 Å². The number of carbonyl (C=O) groups is 1. The first kappa shape index (κ1) is 17.8. The van der Waals surface area contributed by atoms with Crippen molar-refractivity contribution in [2.75, 3.05) is 18.4 Å². The Hall–Kier alpha value is -2.04. The SMILES string of the molecule is O=C(NCc1cccc(CN2CCCCC2)c1)Nc1cccc(Cl)c1. The van der Waals surface area contributed by atoms with Crippen molar-refractivity contribution in [1.29, 1.82) is 0 Å². The van der Waals surface area contributed by atoms with Crippen LogP contribution in [0.1, 0.15) is 30.4 Å². The fourth-order valence-electron chi connectivity index (χ4n) is 3.14. The number of rotatable bonds is 5. The number of nitrogens with zero attached hydrogens (tertiary/aromatic N) is 1. The zero-order chi connectivity index (χ0) is 17.5. The highest BCUT2D eigenvalue weighted by atomic mass is 35.5. The van der Waals surface area contributed by atoms with Gasteiger partial charge in [-0.1, -0.05) is 48.4 Å². The van der Waals surface area contributed by atoms with E-state index in [0.29, 0.717) is 17.3 Å². The van der Waals surface area contributed by atoms with E-state index in [9.17, 15) is 4.79 Å². The van der Waals surface area contributed by atoms with Gasteiger partial charge in [-0.3, -0.25) is 4.90 Å². The first-order valence-corrected chi connectivity index (χ1v) is 9.17. The second-order valence-electron chi connectivity index (χ2n) is 6.47. The summed E-state index contributed by atoms with van der Waals surface area (Å²) in [4.78, 5) is 14.5. The van der Waals surface area contributed by atoms with Crippen molar-refractivity contribution in [3.63, 3.8) is 0 Å². The molecule has 2 amide bonds. The van der Waals surface area contributed by atoms with Crippen molar-refractivity contribution in [3.8, 4) is 0 Å². The summed E-state index contributed by atoms with van der Waals surface area (Å²) in [6.45, 7) is 3.86. The second-order valence-corrected chi connectivity index (χ2v) is 6.91. The number of anilines is 1. The summed E-state index contributed by atoms with van der Waals surface area (Å²) in [5, 5.41) is 6.28. The number of benzene rings is 2. The standard InChI is InChI=1S/C20H24ClN3O/c21-18-8-5-9-19(13-18)23-20(25)22-14-16-6-4-7-17(12-16)15-24-10-2-1-3-11-24/h4-9,12-13H,1-3,10-11,14-15H2,(H2,22,23,25). The van der Waals surface area contributed by atoms with E-state index in [4.69, 9.17) is 11.6 Å². The molecule has 0 unspecified atom stereocenters. The monoisotopic (exact) mass is 357 g/mol. The first-order chi connectivity index (χ1) is 12.2. The molecule has 5 heteroatoms. The maximum Gasteiger partial charge on any atom is 0.319 e. The minimum Gasteiger partial charge on any atom is -0.334 e. The highest BCUT2D eigenvalue weighted by Gasteiger charge is 2.10. The zero-order valence-corrected chi connectivity index (χ0v) is 15.1. The van der Waals surface area contributed by atoms with Crippen molar-refractivity contribution in [2.24, 2.45) is 0 Å². The Morgan fingerprint density at radius 3 is 2.56 bits per heavy atom. The molecule has 1 aliphatic heterocycles. The summed E-state index contributed by atoms with van der Waals surface area (Å²) in [7, 11) is 0. The largest absolute Gasteiger partial charge is 0.334 e. The summed E-state index contributed by atoms with van der Waals surface area (Å²) in [6, 6.07) is 15.3. The van der Waals surface area contributed by atoms with Gasteiger partial charge in [-0.15, -0.1) is 0 Å². The topological polar surface area (TPSA) is 44.4 Å². The Labute approximate surface area is 154 Å². The van der Waals surface area contributed by atoms with Gasteiger partial charge < -0.3 is 10.6 Å². The van der Waals surface area contributed by atoms with Crippen molar-refractivity contribution in [2.45, 2.75) is 32.4 Å². The molecular formula is C20H24ClN3O. The van der Waals surface area contributed by atoms with Gasteiger partial charge in [-0.25, -0.2) is 4.79 Å². The van der Waals surface area contributed by atoms with Gasteiger partial charge in [0.1, 0.15) is 0 Å². The third-order valence-corrected chi connectivity index (χ3v) is 4.62. The zero-order valence-electron chi connectivity index (χ0n) is 14.3. The summed E-state index contributed by atoms with van der Waals surface area (Å²) in [5.74, 6) is 0. The van der Waals surface area contributed by atoms with E-state index in [0.717, 1.165) is 12.1 Å². The van der Waals surface area contributed by atoms with Crippen molar-refractivity contribution < 1.29 is 4.79 Å². The van der Waals surface area contributed by atoms with Gasteiger partial charge in [0.05, 0.1) is 0 Å². The maximum atomic E-state index is 12.0. The minimum absolute atomic E-state index is 0.233. The molecule has 0 saturated carbocycles. The lowest BCUT2D eigenvalue weighted by Gasteiger charge is -2.26. The van der Waals surface area contributed by atoms with Crippen LogP contribution in [-0.2, 0) is 13.1 Å². The third-order valence-electron chi connectivity index (χ3n) is 4.38. The van der Waals surface area contributed by atoms with Crippen LogP contribution in [0.3, 0.4) is 0 Å². The Morgan fingerprint density at radius 2 is 1.76 bits per heavy atom. The van der Waals surface area contributed by atoms with Crippen molar-refractivity contribution in [1.82, 2.24) is 10.2 Å². The summed E-state index contributed by atoms with van der Waals surface area (Å²) in [5.41, 5.74) is 3.09. The highest BCUT2D eigenvalue weighted by Crippen LogP contribution is 2.15. The smallest absolute Gasteiger partial charge is 0.319 e. The minimum atomic E-state index is -0.233. The lowest BCUT2D eigenvalue weighted by atomic mass is 10.1. The van der Waals surface area contributed by atoms with Crippen LogP contribution in [0.15, 0.2) is 48.5 Å². The average Bonchev–Trinajstić information content (AvgIpc) is 2.61. The fraction of sp³-hybridized carbons (Fsp3) is 0.350. The predicted octanol–water partition coefficient (Wildman–Crippen LogP) is 4.65. The molecule has 0 atom stereocenters. The van der Waals surface area contributed by atoms with E-state index in [1.807, 2.05) is 18.2 Å². The summed E-state index contributed by atoms with van der Waals surface area (Å²) in [6.07, 6.45) is 3.94. The van der Waals surface area contributed by atoms with Crippen LogP contribution >= 0.6 is 11.6 Å². The number of piperidine rings is 1. The lowest BCUT2D eigenvalue weighted by Crippen LogP contribution is -2.29. The molecule has 0 bridgehead atoms. The number of hydrogen-bond donors (Lipinski definition) is 2. The number of halogens is 1. The van der Waals surface area contributed by atoms with E-state index in [-0.39, 0.29) is 6.03 Å².